The number of aryl methyl sites for hydroxylation is 1. The van der Waals surface area contributed by atoms with Gasteiger partial charge in [-0.05, 0) is 77.2 Å². The van der Waals surface area contributed by atoms with E-state index in [1.807, 2.05) is 12.1 Å². The Morgan fingerprint density at radius 2 is 2.10 bits per heavy atom. The zero-order valence-electron chi connectivity index (χ0n) is 18.9. The second-order valence-electron chi connectivity index (χ2n) is 9.57. The number of aliphatic hydroxyl groups is 2. The maximum Gasteiger partial charge on any atom is 0.0761 e. The molecule has 1 fully saturated rings. The summed E-state index contributed by atoms with van der Waals surface area (Å²) in [7, 11) is 4.24. The largest absolute Gasteiger partial charge is 0.392 e. The molecule has 3 rings (SSSR count). The smallest absolute Gasteiger partial charge is 0.0761 e. The molecule has 0 saturated heterocycles. The van der Waals surface area contributed by atoms with Crippen LogP contribution in [0.2, 0.25) is 0 Å². The maximum atomic E-state index is 10.6. The predicted octanol–water partition coefficient (Wildman–Crippen LogP) is 3.33. The van der Waals surface area contributed by atoms with Crippen LogP contribution >= 0.6 is 0 Å². The van der Waals surface area contributed by atoms with Gasteiger partial charge in [0.2, 0.25) is 0 Å². The first-order valence-electron chi connectivity index (χ1n) is 11.6. The molecule has 166 valence electrons. The average molecular weight is 413 g/mol. The second-order valence-corrected chi connectivity index (χ2v) is 9.57. The van der Waals surface area contributed by atoms with Gasteiger partial charge < -0.3 is 20.4 Å². The number of fused-ring (bicyclic) bond motifs is 1. The Morgan fingerprint density at radius 3 is 2.87 bits per heavy atom. The summed E-state index contributed by atoms with van der Waals surface area (Å²) in [5.41, 5.74) is 3.86. The van der Waals surface area contributed by atoms with Crippen molar-refractivity contribution >= 4 is 0 Å². The third-order valence-corrected chi connectivity index (χ3v) is 6.59. The summed E-state index contributed by atoms with van der Waals surface area (Å²) in [4.78, 5) is 2.23. The highest BCUT2D eigenvalue weighted by Gasteiger charge is 2.43. The summed E-state index contributed by atoms with van der Waals surface area (Å²) in [6.45, 7) is 5.26. The zero-order chi connectivity index (χ0) is 21.5. The van der Waals surface area contributed by atoms with Gasteiger partial charge in [0, 0.05) is 18.9 Å². The van der Waals surface area contributed by atoms with E-state index in [4.69, 9.17) is 0 Å². The van der Waals surface area contributed by atoms with E-state index in [-0.39, 0.29) is 12.0 Å². The molecule has 2 aliphatic rings. The van der Waals surface area contributed by atoms with Gasteiger partial charge in [-0.2, -0.15) is 0 Å². The Balaban J connectivity index is 1.44. The van der Waals surface area contributed by atoms with Gasteiger partial charge in [-0.25, -0.2) is 0 Å². The summed E-state index contributed by atoms with van der Waals surface area (Å²) in [6.07, 6.45) is 10.6. The Labute approximate surface area is 182 Å². The van der Waals surface area contributed by atoms with Gasteiger partial charge in [-0.3, -0.25) is 0 Å². The molecule has 4 heteroatoms. The van der Waals surface area contributed by atoms with E-state index in [1.165, 1.54) is 24.0 Å². The van der Waals surface area contributed by atoms with Gasteiger partial charge >= 0.3 is 0 Å². The normalized spacial score (nSPS) is 27.1. The predicted molar refractivity (Wildman–Crippen MR) is 124 cm³/mol. The molecule has 3 N–H and O–H groups in total. The molecule has 1 aromatic rings. The molecule has 0 spiro atoms. The fourth-order valence-corrected chi connectivity index (χ4v) is 5.07. The van der Waals surface area contributed by atoms with Crippen molar-refractivity contribution in [3.8, 4) is 0 Å². The van der Waals surface area contributed by atoms with Crippen molar-refractivity contribution in [1.82, 2.24) is 10.2 Å². The van der Waals surface area contributed by atoms with Crippen molar-refractivity contribution in [2.45, 2.75) is 51.2 Å². The first kappa shape index (κ1) is 23.2. The van der Waals surface area contributed by atoms with Crippen LogP contribution in [-0.2, 0) is 6.42 Å². The van der Waals surface area contributed by atoms with Crippen LogP contribution < -0.4 is 5.32 Å². The average Bonchev–Trinajstić information content (AvgIpc) is 3.19. The third-order valence-electron chi connectivity index (χ3n) is 6.59. The minimum Gasteiger partial charge on any atom is -0.392 e. The van der Waals surface area contributed by atoms with Gasteiger partial charge in [-0.15, -0.1) is 0 Å². The molecule has 5 atom stereocenters. The van der Waals surface area contributed by atoms with E-state index in [1.54, 1.807) is 0 Å². The molecule has 1 saturated carbocycles. The highest BCUT2D eigenvalue weighted by atomic mass is 16.3. The summed E-state index contributed by atoms with van der Waals surface area (Å²) in [5.74, 6) is 1.11. The zero-order valence-corrected chi connectivity index (χ0v) is 18.9. The number of nitrogens with zero attached hydrogens (tertiary/aromatic N) is 1. The van der Waals surface area contributed by atoms with Crippen molar-refractivity contribution in [3.05, 3.63) is 59.2 Å². The first-order chi connectivity index (χ1) is 14.4. The number of rotatable bonds is 11. The van der Waals surface area contributed by atoms with Crippen LogP contribution in [0.15, 0.2) is 48.1 Å². The number of unbranched alkanes of at least 4 members (excludes halogenated alkanes) is 1. The molecule has 0 radical (unpaired) electrons. The molecule has 2 aliphatic carbocycles. The van der Waals surface area contributed by atoms with Gasteiger partial charge in [0.25, 0.3) is 0 Å². The molecule has 0 heterocycles. The van der Waals surface area contributed by atoms with Gasteiger partial charge in [0.1, 0.15) is 0 Å². The fraction of sp³-hybridized carbons (Fsp3) is 0.615. The summed E-state index contributed by atoms with van der Waals surface area (Å²) in [6, 6.07) is 8.29. The van der Waals surface area contributed by atoms with Crippen LogP contribution in [0.25, 0.3) is 0 Å². The molecule has 30 heavy (non-hydrogen) atoms. The van der Waals surface area contributed by atoms with E-state index in [9.17, 15) is 10.2 Å². The number of benzene rings is 1. The fourth-order valence-electron chi connectivity index (χ4n) is 5.07. The molecule has 4 nitrogen and oxygen atoms in total. The number of nitrogens with one attached hydrogen (secondary N) is 1. The molecule has 0 bridgehead atoms. The summed E-state index contributed by atoms with van der Waals surface area (Å²) in [5, 5.41) is 24.6. The number of hydrogen-bond donors (Lipinski definition) is 3. The molecule has 0 unspecified atom stereocenters. The van der Waals surface area contributed by atoms with Crippen LogP contribution in [0.5, 0.6) is 0 Å². The van der Waals surface area contributed by atoms with E-state index in [0.29, 0.717) is 18.3 Å². The van der Waals surface area contributed by atoms with Gasteiger partial charge in [-0.1, -0.05) is 53.6 Å². The number of aliphatic hydroxyl groups excluding tert-OH is 2. The topological polar surface area (TPSA) is 55.7 Å². The van der Waals surface area contributed by atoms with Crippen molar-refractivity contribution in [3.63, 3.8) is 0 Å². The number of allylic oxidation sites excluding steroid dienone is 1. The molecule has 0 amide bonds. The van der Waals surface area contributed by atoms with Crippen molar-refractivity contribution < 1.29 is 10.2 Å². The van der Waals surface area contributed by atoms with E-state index in [0.717, 1.165) is 38.0 Å². The van der Waals surface area contributed by atoms with E-state index < -0.39 is 6.10 Å². The molecule has 0 aromatic heterocycles. The Kier molecular flexibility index (Phi) is 8.70. The molecule has 0 aliphatic heterocycles. The van der Waals surface area contributed by atoms with Crippen LogP contribution in [0.3, 0.4) is 0 Å². The quantitative estimate of drug-likeness (QED) is 0.385. The van der Waals surface area contributed by atoms with E-state index in [2.05, 4.69) is 61.6 Å². The molecule has 1 aromatic carbocycles. The van der Waals surface area contributed by atoms with Crippen molar-refractivity contribution in [2.24, 2.45) is 17.8 Å². The molecular formula is C26H40N2O2. The van der Waals surface area contributed by atoms with Crippen LogP contribution in [0, 0.1) is 24.7 Å². The highest BCUT2D eigenvalue weighted by molar-refractivity contribution is 5.24. The number of hydrogen-bond acceptors (Lipinski definition) is 4. The van der Waals surface area contributed by atoms with Gasteiger partial charge in [0.15, 0.2) is 0 Å². The second kappa shape index (κ2) is 11.2. The van der Waals surface area contributed by atoms with Crippen LogP contribution in [-0.4, -0.2) is 61.1 Å². The van der Waals surface area contributed by atoms with E-state index >= 15 is 0 Å². The first-order valence-corrected chi connectivity index (χ1v) is 11.6. The summed E-state index contributed by atoms with van der Waals surface area (Å²) >= 11 is 0. The Bertz CT molecular complexity index is 727. The highest BCUT2D eigenvalue weighted by Crippen LogP contribution is 2.47. The van der Waals surface area contributed by atoms with Crippen LogP contribution in [0.4, 0.5) is 0 Å². The lowest BCUT2D eigenvalue weighted by molar-refractivity contribution is 0.140. The standard InChI is InChI=1S/C26H40N2O2/c1-19-7-6-8-20(13-19)15-23(29)9-10-24-25-16-21(14-22(25)17-26(24)30)18-27-11-4-5-12-28(2)3/h6-10,13-14,22-27,29-30H,4-5,11-12,15-18H2,1-3H3/b10-9+/t22-,23-,24+,25-,26+/m0/s1. The molecular weight excluding hydrogens is 372 g/mol. The van der Waals surface area contributed by atoms with Crippen LogP contribution in [0.1, 0.15) is 36.8 Å². The lowest BCUT2D eigenvalue weighted by atomic mass is 9.89. The van der Waals surface area contributed by atoms with Gasteiger partial charge in [0.05, 0.1) is 12.2 Å². The third kappa shape index (κ3) is 6.78. The lowest BCUT2D eigenvalue weighted by Gasteiger charge is -2.19. The Morgan fingerprint density at radius 1 is 1.27 bits per heavy atom. The SMILES string of the molecule is Cc1cccc(C[C@@H](O)/C=C/[C@@H]2[C@H]3CC(CNCCCCN(C)C)=C[C@H]3C[C@H]2O)c1. The van der Waals surface area contributed by atoms with Crippen molar-refractivity contribution in [1.29, 1.82) is 0 Å². The minimum atomic E-state index is -0.504. The maximum absolute atomic E-state index is 10.6. The minimum absolute atomic E-state index is 0.149. The Hall–Kier alpha value is -1.46. The monoisotopic (exact) mass is 412 g/mol. The van der Waals surface area contributed by atoms with Crippen molar-refractivity contribution in [2.75, 3.05) is 33.7 Å². The lowest BCUT2D eigenvalue weighted by Crippen LogP contribution is -2.22. The summed E-state index contributed by atoms with van der Waals surface area (Å²) < 4.78 is 0.